The van der Waals surface area contributed by atoms with E-state index in [0.717, 1.165) is 0 Å². The molecule has 0 spiro atoms. The molecule has 0 aliphatic heterocycles. The van der Waals surface area contributed by atoms with Crippen LogP contribution in [0.1, 0.15) is 6.92 Å². The first kappa shape index (κ1) is 18.6. The third kappa shape index (κ3) is 6.35. The van der Waals surface area contributed by atoms with Crippen molar-refractivity contribution in [3.63, 3.8) is 0 Å². The molecule has 0 aliphatic rings. The molecular formula is C18H18ClNO5. The van der Waals surface area contributed by atoms with Crippen molar-refractivity contribution in [3.8, 4) is 11.5 Å². The van der Waals surface area contributed by atoms with Gasteiger partial charge in [-0.25, -0.2) is 4.79 Å². The smallest absolute Gasteiger partial charge is 0.344 e. The van der Waals surface area contributed by atoms with Crippen molar-refractivity contribution in [3.05, 3.63) is 53.6 Å². The summed E-state index contributed by atoms with van der Waals surface area (Å²) >= 11 is 5.95. The minimum absolute atomic E-state index is 0.161. The lowest BCUT2D eigenvalue weighted by molar-refractivity contribution is -0.145. The van der Waals surface area contributed by atoms with E-state index in [-0.39, 0.29) is 19.1 Å². The SMILES string of the molecule is CCOC(=O)COc1ccc(NC(=O)COc2ccccc2Cl)cc1. The first-order valence-corrected chi connectivity index (χ1v) is 8.02. The normalized spacial score (nSPS) is 10.0. The Morgan fingerprint density at radius 1 is 1.00 bits per heavy atom. The van der Waals surface area contributed by atoms with Crippen molar-refractivity contribution >= 4 is 29.2 Å². The predicted molar refractivity (Wildman–Crippen MR) is 94.1 cm³/mol. The Hall–Kier alpha value is -2.73. The van der Waals surface area contributed by atoms with Crippen LogP contribution in [0.25, 0.3) is 0 Å². The van der Waals surface area contributed by atoms with Crippen LogP contribution in [0, 0.1) is 0 Å². The molecule has 6 nitrogen and oxygen atoms in total. The Morgan fingerprint density at radius 2 is 1.72 bits per heavy atom. The molecule has 0 aromatic heterocycles. The summed E-state index contributed by atoms with van der Waals surface area (Å²) in [7, 11) is 0. The maximum Gasteiger partial charge on any atom is 0.344 e. The number of hydrogen-bond donors (Lipinski definition) is 1. The number of carbonyl (C=O) groups excluding carboxylic acids is 2. The van der Waals surface area contributed by atoms with Crippen LogP contribution in [0.5, 0.6) is 11.5 Å². The minimum atomic E-state index is -0.434. The second-order valence-electron chi connectivity index (χ2n) is 4.89. The zero-order valence-electron chi connectivity index (χ0n) is 13.7. The standard InChI is InChI=1S/C18H18ClNO5/c1-2-23-18(22)12-24-14-9-7-13(8-10-14)20-17(21)11-25-16-6-4-3-5-15(16)19/h3-10H,2,11-12H2,1H3,(H,20,21). The highest BCUT2D eigenvalue weighted by Crippen LogP contribution is 2.23. The third-order valence-electron chi connectivity index (χ3n) is 3.00. The fourth-order valence-corrected chi connectivity index (χ4v) is 2.07. The molecule has 2 aromatic carbocycles. The van der Waals surface area contributed by atoms with Gasteiger partial charge in [0.2, 0.25) is 0 Å². The molecule has 0 saturated carbocycles. The zero-order chi connectivity index (χ0) is 18.1. The number of benzene rings is 2. The topological polar surface area (TPSA) is 73.9 Å². The predicted octanol–water partition coefficient (Wildman–Crippen LogP) is 3.30. The molecule has 0 aliphatic carbocycles. The number of hydrogen-bond acceptors (Lipinski definition) is 5. The van der Waals surface area contributed by atoms with Crippen LogP contribution in [0.2, 0.25) is 5.02 Å². The van der Waals surface area contributed by atoms with E-state index in [1.165, 1.54) is 0 Å². The average molecular weight is 364 g/mol. The van der Waals surface area contributed by atoms with Gasteiger partial charge >= 0.3 is 5.97 Å². The molecule has 0 saturated heterocycles. The highest BCUT2D eigenvalue weighted by atomic mass is 35.5. The quantitative estimate of drug-likeness (QED) is 0.728. The van der Waals surface area contributed by atoms with Gasteiger partial charge < -0.3 is 19.5 Å². The van der Waals surface area contributed by atoms with E-state index in [2.05, 4.69) is 5.32 Å². The van der Waals surface area contributed by atoms with Crippen molar-refractivity contribution in [1.82, 2.24) is 0 Å². The van der Waals surface area contributed by atoms with Gasteiger partial charge in [-0.15, -0.1) is 0 Å². The maximum absolute atomic E-state index is 11.9. The van der Waals surface area contributed by atoms with Crippen molar-refractivity contribution in [1.29, 1.82) is 0 Å². The summed E-state index contributed by atoms with van der Waals surface area (Å²) < 4.78 is 15.4. The Balaban J connectivity index is 1.79. The number of ether oxygens (including phenoxy) is 3. The minimum Gasteiger partial charge on any atom is -0.482 e. The fourth-order valence-electron chi connectivity index (χ4n) is 1.88. The van der Waals surface area contributed by atoms with Gasteiger partial charge in [0.15, 0.2) is 13.2 Å². The van der Waals surface area contributed by atoms with Crippen LogP contribution in [-0.2, 0) is 14.3 Å². The van der Waals surface area contributed by atoms with Gasteiger partial charge in [-0.3, -0.25) is 4.79 Å². The highest BCUT2D eigenvalue weighted by Gasteiger charge is 2.07. The molecule has 1 amide bonds. The van der Waals surface area contributed by atoms with Gasteiger partial charge in [-0.2, -0.15) is 0 Å². The lowest BCUT2D eigenvalue weighted by atomic mass is 10.3. The summed E-state index contributed by atoms with van der Waals surface area (Å²) in [5, 5.41) is 3.13. The average Bonchev–Trinajstić information content (AvgIpc) is 2.61. The lowest BCUT2D eigenvalue weighted by Gasteiger charge is -2.09. The monoisotopic (exact) mass is 363 g/mol. The molecule has 1 N–H and O–H groups in total. The summed E-state index contributed by atoms with van der Waals surface area (Å²) in [6.45, 7) is 1.71. The molecule has 2 rings (SSSR count). The second-order valence-corrected chi connectivity index (χ2v) is 5.29. The Bertz CT molecular complexity index is 718. The van der Waals surface area contributed by atoms with E-state index >= 15 is 0 Å². The molecule has 7 heteroatoms. The molecular weight excluding hydrogens is 346 g/mol. The van der Waals surface area contributed by atoms with Crippen LogP contribution < -0.4 is 14.8 Å². The summed E-state index contributed by atoms with van der Waals surface area (Å²) in [4.78, 5) is 23.1. The summed E-state index contributed by atoms with van der Waals surface area (Å²) in [6, 6.07) is 13.5. The summed E-state index contributed by atoms with van der Waals surface area (Å²) in [6.07, 6.45) is 0. The molecule has 0 radical (unpaired) electrons. The molecule has 0 bridgehead atoms. The van der Waals surface area contributed by atoms with Crippen molar-refractivity contribution in [2.75, 3.05) is 25.1 Å². The molecule has 2 aromatic rings. The lowest BCUT2D eigenvalue weighted by Crippen LogP contribution is -2.20. The van der Waals surface area contributed by atoms with Crippen LogP contribution >= 0.6 is 11.6 Å². The number of anilines is 1. The number of carbonyl (C=O) groups is 2. The summed E-state index contributed by atoms with van der Waals surface area (Å²) in [5.41, 5.74) is 0.580. The van der Waals surface area contributed by atoms with Crippen LogP contribution in [0.4, 0.5) is 5.69 Å². The number of esters is 1. The van der Waals surface area contributed by atoms with E-state index in [1.807, 2.05) is 0 Å². The van der Waals surface area contributed by atoms with Crippen LogP contribution in [0.3, 0.4) is 0 Å². The zero-order valence-corrected chi connectivity index (χ0v) is 14.4. The first-order valence-electron chi connectivity index (χ1n) is 7.64. The van der Waals surface area contributed by atoms with Crippen molar-refractivity contribution < 1.29 is 23.8 Å². The Labute approximate surface area is 150 Å². The molecule has 0 atom stereocenters. The van der Waals surface area contributed by atoms with Gasteiger partial charge in [0.05, 0.1) is 11.6 Å². The number of rotatable bonds is 8. The highest BCUT2D eigenvalue weighted by molar-refractivity contribution is 6.32. The van der Waals surface area contributed by atoms with Gasteiger partial charge in [0.25, 0.3) is 5.91 Å². The number of amides is 1. The fraction of sp³-hybridized carbons (Fsp3) is 0.222. The van der Waals surface area contributed by atoms with E-state index in [4.69, 9.17) is 25.8 Å². The molecule has 0 heterocycles. The maximum atomic E-state index is 11.9. The van der Waals surface area contributed by atoms with Crippen molar-refractivity contribution in [2.45, 2.75) is 6.92 Å². The number of nitrogens with one attached hydrogen (secondary N) is 1. The molecule has 0 fully saturated rings. The number of para-hydroxylation sites is 1. The largest absolute Gasteiger partial charge is 0.482 e. The van der Waals surface area contributed by atoms with Crippen LogP contribution in [-0.4, -0.2) is 31.7 Å². The van der Waals surface area contributed by atoms with E-state index in [1.54, 1.807) is 55.5 Å². The van der Waals surface area contributed by atoms with E-state index in [9.17, 15) is 9.59 Å². The van der Waals surface area contributed by atoms with Gasteiger partial charge in [0.1, 0.15) is 11.5 Å². The summed E-state index contributed by atoms with van der Waals surface area (Å²) in [5.74, 6) is 0.192. The second kappa shape index (κ2) is 9.54. The Kier molecular flexibility index (Phi) is 7.10. The van der Waals surface area contributed by atoms with Gasteiger partial charge in [0, 0.05) is 5.69 Å². The van der Waals surface area contributed by atoms with Crippen LogP contribution in [0.15, 0.2) is 48.5 Å². The van der Waals surface area contributed by atoms with Crippen molar-refractivity contribution in [2.24, 2.45) is 0 Å². The number of halogens is 1. The van der Waals surface area contributed by atoms with Gasteiger partial charge in [-0.05, 0) is 43.3 Å². The van der Waals surface area contributed by atoms with Gasteiger partial charge in [-0.1, -0.05) is 23.7 Å². The van der Waals surface area contributed by atoms with E-state index in [0.29, 0.717) is 28.8 Å². The third-order valence-corrected chi connectivity index (χ3v) is 3.31. The first-order chi connectivity index (χ1) is 12.1. The van der Waals surface area contributed by atoms with E-state index < -0.39 is 5.97 Å². The molecule has 25 heavy (non-hydrogen) atoms. The molecule has 132 valence electrons. The Morgan fingerprint density at radius 3 is 2.40 bits per heavy atom. The molecule has 0 unspecified atom stereocenters.